The van der Waals surface area contributed by atoms with E-state index in [-0.39, 0.29) is 40.6 Å². The molecule has 2 heterocycles. The van der Waals surface area contributed by atoms with Crippen molar-refractivity contribution in [1.29, 1.82) is 0 Å². The summed E-state index contributed by atoms with van der Waals surface area (Å²) >= 11 is 6.58. The van der Waals surface area contributed by atoms with Gasteiger partial charge in [0.2, 0.25) is 0 Å². The number of amides is 1. The maximum Gasteiger partial charge on any atom is 0.389 e. The minimum atomic E-state index is -4.39. The first-order valence-corrected chi connectivity index (χ1v) is 13.4. The molecule has 3 rings (SSSR count). The van der Waals surface area contributed by atoms with E-state index in [0.717, 1.165) is 31.7 Å². The van der Waals surface area contributed by atoms with Gasteiger partial charge in [-0.15, -0.1) is 0 Å². The summed E-state index contributed by atoms with van der Waals surface area (Å²) in [4.78, 5) is 17.2. The fraction of sp³-hybridized carbons (Fsp3) is 0.667. The first kappa shape index (κ1) is 30.3. The number of nitrogens with zero attached hydrogens (tertiary/aromatic N) is 3. The zero-order valence-electron chi connectivity index (χ0n) is 22.5. The molecule has 1 N–H and O–H groups in total. The number of hydrogen-bond donors (Lipinski definition) is 1. The van der Waals surface area contributed by atoms with Crippen LogP contribution in [-0.2, 0) is 18.9 Å². The Hall–Kier alpha value is -2.23. The van der Waals surface area contributed by atoms with Crippen molar-refractivity contribution in [3.05, 3.63) is 34.2 Å². The topological polar surface area (TPSA) is 59.8 Å². The van der Waals surface area contributed by atoms with Gasteiger partial charge in [-0.05, 0) is 49.5 Å². The Kier molecular flexibility index (Phi) is 9.16. The molecule has 0 saturated heterocycles. The Balaban J connectivity index is 1.92. The number of alkyl halides is 5. The summed E-state index contributed by atoms with van der Waals surface area (Å²) in [6.45, 7) is 8.23. The SMILES string of the molecule is CCn1nc(C(=O)NCC2CCC(C)CC2)c(Cl)c1-c1cnc(CC(C)(C)CC(F)(F)F)cc1C(C)(F)F. The van der Waals surface area contributed by atoms with Crippen LogP contribution >= 0.6 is 11.6 Å². The van der Waals surface area contributed by atoms with Crippen LogP contribution in [0.25, 0.3) is 11.3 Å². The van der Waals surface area contributed by atoms with Gasteiger partial charge < -0.3 is 5.32 Å². The molecular formula is C27H36ClF5N4O. The average molecular weight is 563 g/mol. The summed E-state index contributed by atoms with van der Waals surface area (Å²) in [5, 5.41) is 7.11. The molecule has 5 nitrogen and oxygen atoms in total. The second kappa shape index (κ2) is 11.5. The van der Waals surface area contributed by atoms with Crippen molar-refractivity contribution in [1.82, 2.24) is 20.1 Å². The van der Waals surface area contributed by atoms with Crippen LogP contribution in [0.5, 0.6) is 0 Å². The number of aromatic nitrogens is 3. The summed E-state index contributed by atoms with van der Waals surface area (Å²) in [5.74, 6) is -2.79. The highest BCUT2D eigenvalue weighted by molar-refractivity contribution is 6.36. The molecule has 0 unspecified atom stereocenters. The molecule has 0 radical (unpaired) electrons. The molecule has 0 spiro atoms. The van der Waals surface area contributed by atoms with Crippen LogP contribution in [-0.4, -0.2) is 33.4 Å². The molecular weight excluding hydrogens is 527 g/mol. The van der Waals surface area contributed by atoms with E-state index in [0.29, 0.717) is 25.3 Å². The molecule has 2 aromatic rings. The number of nitrogens with one attached hydrogen (secondary N) is 1. The third-order valence-corrected chi connectivity index (χ3v) is 7.48. The first-order valence-electron chi connectivity index (χ1n) is 13.0. The number of pyridine rings is 1. The van der Waals surface area contributed by atoms with E-state index in [2.05, 4.69) is 22.3 Å². The van der Waals surface area contributed by atoms with Crippen LogP contribution in [0.2, 0.25) is 5.02 Å². The fourth-order valence-corrected chi connectivity index (χ4v) is 5.49. The fourth-order valence-electron chi connectivity index (χ4n) is 5.17. The molecule has 1 aliphatic carbocycles. The molecule has 0 atom stereocenters. The van der Waals surface area contributed by atoms with Gasteiger partial charge in [-0.25, -0.2) is 8.78 Å². The third kappa shape index (κ3) is 7.67. The van der Waals surface area contributed by atoms with Crippen molar-refractivity contribution in [2.75, 3.05) is 6.54 Å². The van der Waals surface area contributed by atoms with E-state index < -0.39 is 35.4 Å². The Labute approximate surface area is 225 Å². The molecule has 1 fully saturated rings. The van der Waals surface area contributed by atoms with Gasteiger partial charge in [0.05, 0.1) is 10.7 Å². The largest absolute Gasteiger partial charge is 0.389 e. The number of aryl methyl sites for hydroxylation is 1. The van der Waals surface area contributed by atoms with Crippen LogP contribution in [0, 0.1) is 17.3 Å². The molecule has 38 heavy (non-hydrogen) atoms. The number of rotatable bonds is 9. The summed E-state index contributed by atoms with van der Waals surface area (Å²) in [6, 6.07) is 1.13. The van der Waals surface area contributed by atoms with Gasteiger partial charge in [-0.1, -0.05) is 45.2 Å². The van der Waals surface area contributed by atoms with Crippen molar-refractivity contribution in [2.24, 2.45) is 17.3 Å². The van der Waals surface area contributed by atoms with Crippen LogP contribution in [0.3, 0.4) is 0 Å². The lowest BCUT2D eigenvalue weighted by Crippen LogP contribution is -2.31. The molecule has 1 amide bonds. The predicted octanol–water partition coefficient (Wildman–Crippen LogP) is 7.81. The smallest absolute Gasteiger partial charge is 0.350 e. The summed E-state index contributed by atoms with van der Waals surface area (Å²) < 4.78 is 69.9. The zero-order chi connectivity index (χ0) is 28.5. The van der Waals surface area contributed by atoms with Gasteiger partial charge >= 0.3 is 6.18 Å². The van der Waals surface area contributed by atoms with Gasteiger partial charge in [0.15, 0.2) is 5.69 Å². The normalized spacial score (nSPS) is 19.0. The minimum Gasteiger partial charge on any atom is -0.350 e. The van der Waals surface area contributed by atoms with Gasteiger partial charge in [0, 0.05) is 49.5 Å². The van der Waals surface area contributed by atoms with Gasteiger partial charge in [-0.3, -0.25) is 14.5 Å². The highest BCUT2D eigenvalue weighted by atomic mass is 35.5. The number of carbonyl (C=O) groups excluding carboxylic acids is 1. The van der Waals surface area contributed by atoms with Gasteiger partial charge in [0.25, 0.3) is 11.8 Å². The Bertz CT molecular complexity index is 1130. The van der Waals surface area contributed by atoms with E-state index in [4.69, 9.17) is 11.6 Å². The standard InChI is InChI=1S/C27H36ClF5N4O/c1-6-37-23(21(28)22(36-37)24(38)35-13-17-9-7-16(2)8-10-17)19-14-34-18(11-20(19)26(5,29)30)12-25(3,4)15-27(31,32)33/h11,14,16-17H,6-10,12-13,15H2,1-5H3,(H,35,38). The van der Waals surface area contributed by atoms with Crippen LogP contribution < -0.4 is 5.32 Å². The highest BCUT2D eigenvalue weighted by Gasteiger charge is 2.38. The number of carbonyl (C=O) groups is 1. The molecule has 0 aromatic carbocycles. The van der Waals surface area contributed by atoms with Crippen LogP contribution in [0.4, 0.5) is 22.0 Å². The van der Waals surface area contributed by atoms with Gasteiger partial charge in [0.1, 0.15) is 0 Å². The van der Waals surface area contributed by atoms with Gasteiger partial charge in [-0.2, -0.15) is 18.3 Å². The quantitative estimate of drug-likeness (QED) is 0.317. The van der Waals surface area contributed by atoms with Crippen molar-refractivity contribution in [2.45, 2.75) is 91.8 Å². The highest BCUT2D eigenvalue weighted by Crippen LogP contribution is 2.41. The molecule has 2 aromatic heterocycles. The second-order valence-electron chi connectivity index (χ2n) is 11.4. The molecule has 11 heteroatoms. The van der Waals surface area contributed by atoms with Crippen molar-refractivity contribution in [3.63, 3.8) is 0 Å². The molecule has 0 aliphatic heterocycles. The summed E-state index contributed by atoms with van der Waals surface area (Å²) in [7, 11) is 0. The van der Waals surface area contributed by atoms with Crippen molar-refractivity contribution in [3.8, 4) is 11.3 Å². The predicted molar refractivity (Wildman–Crippen MR) is 137 cm³/mol. The molecule has 212 valence electrons. The number of hydrogen-bond acceptors (Lipinski definition) is 3. The van der Waals surface area contributed by atoms with E-state index in [1.54, 1.807) is 6.92 Å². The minimum absolute atomic E-state index is 0.0189. The summed E-state index contributed by atoms with van der Waals surface area (Å²) in [5.41, 5.74) is -1.53. The zero-order valence-corrected chi connectivity index (χ0v) is 23.2. The van der Waals surface area contributed by atoms with E-state index in [9.17, 15) is 26.7 Å². The van der Waals surface area contributed by atoms with Crippen molar-refractivity contribution < 1.29 is 26.7 Å². The monoisotopic (exact) mass is 562 g/mol. The lowest BCUT2D eigenvalue weighted by atomic mass is 9.83. The molecule has 1 aliphatic rings. The lowest BCUT2D eigenvalue weighted by Gasteiger charge is -2.26. The average Bonchev–Trinajstić information content (AvgIpc) is 3.12. The first-order chi connectivity index (χ1) is 17.5. The molecule has 1 saturated carbocycles. The van der Waals surface area contributed by atoms with E-state index in [1.165, 1.54) is 24.7 Å². The maximum absolute atomic E-state index is 14.8. The Morgan fingerprint density at radius 2 is 1.76 bits per heavy atom. The van der Waals surface area contributed by atoms with Crippen LogP contribution in [0.1, 0.15) is 88.5 Å². The second-order valence-corrected chi connectivity index (χ2v) is 11.8. The van der Waals surface area contributed by atoms with E-state index >= 15 is 0 Å². The molecule has 0 bridgehead atoms. The van der Waals surface area contributed by atoms with E-state index in [1.807, 2.05) is 0 Å². The lowest BCUT2D eigenvalue weighted by molar-refractivity contribution is -0.154. The third-order valence-electron chi connectivity index (χ3n) is 7.12. The maximum atomic E-state index is 14.8. The summed E-state index contributed by atoms with van der Waals surface area (Å²) in [6.07, 6.45) is -0.161. The number of halogens is 6. The van der Waals surface area contributed by atoms with Crippen molar-refractivity contribution >= 4 is 17.5 Å². The Morgan fingerprint density at radius 3 is 2.32 bits per heavy atom. The van der Waals surface area contributed by atoms with Crippen LogP contribution in [0.15, 0.2) is 12.3 Å². The Morgan fingerprint density at radius 1 is 1.13 bits per heavy atom.